The number of hydrogen-bond donors (Lipinski definition) is 0. The van der Waals surface area contributed by atoms with Gasteiger partial charge in [-0.3, -0.25) is 4.79 Å². The third-order valence-electron chi connectivity index (χ3n) is 4.95. The molecule has 0 aromatic carbocycles. The first-order valence-corrected chi connectivity index (χ1v) is 5.88. The number of hydrogen-bond acceptors (Lipinski definition) is 1. The van der Waals surface area contributed by atoms with Crippen molar-refractivity contribution in [1.82, 2.24) is 0 Å². The van der Waals surface area contributed by atoms with Crippen LogP contribution in [0, 0.1) is 22.7 Å². The smallest absolute Gasteiger partial charge is 0.149 e. The molecule has 0 radical (unpaired) electrons. The van der Waals surface area contributed by atoms with Crippen LogP contribution in [0.5, 0.6) is 0 Å². The second-order valence-corrected chi connectivity index (χ2v) is 6.01. The highest BCUT2D eigenvalue weighted by molar-refractivity contribution is 5.94. The average molecular weight is 202 g/mol. The fraction of sp³-hybridized carbons (Fsp3) is 0.643. The molecule has 1 heteroatoms. The zero-order chi connectivity index (χ0) is 10.8. The Bertz CT molecular complexity index is 404. The van der Waals surface area contributed by atoms with Crippen molar-refractivity contribution in [3.63, 3.8) is 0 Å². The Morgan fingerprint density at radius 2 is 2.13 bits per heavy atom. The molecule has 4 aliphatic carbocycles. The normalized spacial score (nSPS) is 51.9. The fourth-order valence-electron chi connectivity index (χ4n) is 3.93. The molecule has 0 aliphatic heterocycles. The van der Waals surface area contributed by atoms with Gasteiger partial charge in [-0.25, -0.2) is 0 Å². The maximum Gasteiger partial charge on any atom is 0.149 e. The molecular weight excluding hydrogens is 184 g/mol. The van der Waals surface area contributed by atoms with E-state index in [4.69, 9.17) is 0 Å². The van der Waals surface area contributed by atoms with E-state index in [1.54, 1.807) is 0 Å². The monoisotopic (exact) mass is 202 g/mol. The number of rotatable bonds is 0. The predicted molar refractivity (Wildman–Crippen MR) is 60.3 cm³/mol. The van der Waals surface area contributed by atoms with Crippen LogP contribution in [-0.2, 0) is 4.79 Å². The third-order valence-corrected chi connectivity index (χ3v) is 4.95. The lowest BCUT2D eigenvalue weighted by molar-refractivity contribution is -0.146. The largest absolute Gasteiger partial charge is 0.298 e. The zero-order valence-electron chi connectivity index (χ0n) is 9.71. The molecule has 1 fully saturated rings. The van der Waals surface area contributed by atoms with Gasteiger partial charge in [0.15, 0.2) is 0 Å². The molecule has 4 aliphatic rings. The summed E-state index contributed by atoms with van der Waals surface area (Å²) in [6, 6.07) is 0. The molecule has 0 heterocycles. The van der Waals surface area contributed by atoms with Crippen LogP contribution in [0.3, 0.4) is 0 Å². The highest BCUT2D eigenvalue weighted by Gasteiger charge is 2.59. The molecule has 0 spiro atoms. The number of allylic oxidation sites excluding steroid dienone is 4. The van der Waals surface area contributed by atoms with Gasteiger partial charge in [0.05, 0.1) is 0 Å². The maximum absolute atomic E-state index is 12.5. The Labute approximate surface area is 91.2 Å². The first kappa shape index (κ1) is 9.38. The van der Waals surface area contributed by atoms with Crippen molar-refractivity contribution in [2.45, 2.75) is 33.6 Å². The lowest BCUT2D eigenvalue weighted by Gasteiger charge is -2.56. The minimum Gasteiger partial charge on any atom is -0.298 e. The minimum atomic E-state index is -0.177. The second-order valence-electron chi connectivity index (χ2n) is 6.01. The van der Waals surface area contributed by atoms with E-state index >= 15 is 0 Å². The molecule has 1 nitrogen and oxygen atoms in total. The molecule has 4 rings (SSSR count). The van der Waals surface area contributed by atoms with E-state index in [-0.39, 0.29) is 10.8 Å². The fourth-order valence-corrected chi connectivity index (χ4v) is 3.93. The Morgan fingerprint density at radius 3 is 2.87 bits per heavy atom. The van der Waals surface area contributed by atoms with Crippen molar-refractivity contribution in [2.24, 2.45) is 22.7 Å². The number of ketones is 1. The summed E-state index contributed by atoms with van der Waals surface area (Å²) in [6.07, 6.45) is 8.74. The van der Waals surface area contributed by atoms with E-state index in [1.807, 2.05) is 0 Å². The van der Waals surface area contributed by atoms with Gasteiger partial charge >= 0.3 is 0 Å². The van der Waals surface area contributed by atoms with E-state index in [0.29, 0.717) is 17.6 Å². The Balaban J connectivity index is 2.22. The average Bonchev–Trinajstić information content (AvgIpc) is 2.21. The minimum absolute atomic E-state index is 0.105. The standard InChI is InChI=1S/C14H18O/c1-9-4-7-14(3)11-5-6-13(2,12(14)15)8-10(9)11/h4-6,10-11H,7-8H2,1-3H3. The molecule has 15 heavy (non-hydrogen) atoms. The molecule has 0 saturated heterocycles. The lowest BCUT2D eigenvalue weighted by Crippen LogP contribution is -2.56. The van der Waals surface area contributed by atoms with Crippen LogP contribution in [0.4, 0.5) is 0 Å². The first-order chi connectivity index (χ1) is 6.97. The van der Waals surface area contributed by atoms with Gasteiger partial charge in [-0.1, -0.05) is 30.7 Å². The highest BCUT2D eigenvalue weighted by atomic mass is 16.1. The summed E-state index contributed by atoms with van der Waals surface area (Å²) in [4.78, 5) is 12.5. The van der Waals surface area contributed by atoms with Gasteiger partial charge in [0.2, 0.25) is 0 Å². The molecule has 4 unspecified atom stereocenters. The van der Waals surface area contributed by atoms with Crippen LogP contribution in [0.1, 0.15) is 33.6 Å². The van der Waals surface area contributed by atoms with E-state index in [0.717, 1.165) is 12.8 Å². The summed E-state index contributed by atoms with van der Waals surface area (Å²) >= 11 is 0. The SMILES string of the molecule is CC1=CCC2(C)C(=O)C3(C)C=CC2C1C3. The molecular formula is C14H18O. The summed E-state index contributed by atoms with van der Waals surface area (Å²) in [6.45, 7) is 6.51. The van der Waals surface area contributed by atoms with Crippen molar-refractivity contribution < 1.29 is 4.79 Å². The predicted octanol–water partition coefficient (Wildman–Crippen LogP) is 3.12. The zero-order valence-corrected chi connectivity index (χ0v) is 9.71. The Morgan fingerprint density at radius 1 is 1.40 bits per heavy atom. The van der Waals surface area contributed by atoms with Gasteiger partial charge in [-0.15, -0.1) is 0 Å². The molecule has 0 aromatic heterocycles. The van der Waals surface area contributed by atoms with Crippen molar-refractivity contribution in [2.75, 3.05) is 0 Å². The van der Waals surface area contributed by atoms with Crippen molar-refractivity contribution in [3.05, 3.63) is 23.8 Å². The van der Waals surface area contributed by atoms with Crippen LogP contribution in [0.25, 0.3) is 0 Å². The van der Waals surface area contributed by atoms with Crippen molar-refractivity contribution >= 4 is 5.78 Å². The second kappa shape index (κ2) is 2.45. The van der Waals surface area contributed by atoms with Crippen LogP contribution in [-0.4, -0.2) is 5.78 Å². The van der Waals surface area contributed by atoms with Gasteiger partial charge in [0, 0.05) is 10.8 Å². The van der Waals surface area contributed by atoms with E-state index < -0.39 is 0 Å². The van der Waals surface area contributed by atoms with Gasteiger partial charge < -0.3 is 0 Å². The Kier molecular flexibility index (Phi) is 1.53. The summed E-state index contributed by atoms with van der Waals surface area (Å²) in [7, 11) is 0. The first-order valence-electron chi connectivity index (χ1n) is 5.88. The van der Waals surface area contributed by atoms with Crippen LogP contribution in [0.2, 0.25) is 0 Å². The molecule has 0 aromatic rings. The number of carbonyl (C=O) groups is 1. The molecule has 80 valence electrons. The van der Waals surface area contributed by atoms with Gasteiger partial charge in [0.25, 0.3) is 0 Å². The van der Waals surface area contributed by atoms with E-state index in [9.17, 15) is 4.79 Å². The maximum atomic E-state index is 12.5. The van der Waals surface area contributed by atoms with Crippen molar-refractivity contribution in [3.8, 4) is 0 Å². The van der Waals surface area contributed by atoms with Gasteiger partial charge in [0.1, 0.15) is 5.78 Å². The van der Waals surface area contributed by atoms with E-state index in [1.165, 1.54) is 5.57 Å². The number of carbonyl (C=O) groups excluding carboxylic acids is 1. The topological polar surface area (TPSA) is 17.1 Å². The summed E-state index contributed by atoms with van der Waals surface area (Å²) in [5.74, 6) is 1.57. The molecule has 0 N–H and O–H groups in total. The molecule has 0 amide bonds. The highest BCUT2D eigenvalue weighted by Crippen LogP contribution is 2.60. The summed E-state index contributed by atoms with van der Waals surface area (Å²) in [5.41, 5.74) is 1.22. The lowest BCUT2D eigenvalue weighted by atomic mass is 9.46. The third kappa shape index (κ3) is 0.920. The summed E-state index contributed by atoms with van der Waals surface area (Å²) in [5, 5.41) is 0. The summed E-state index contributed by atoms with van der Waals surface area (Å²) < 4.78 is 0. The van der Waals surface area contributed by atoms with Crippen LogP contribution in [0.15, 0.2) is 23.8 Å². The van der Waals surface area contributed by atoms with Crippen LogP contribution >= 0.6 is 0 Å². The van der Waals surface area contributed by atoms with Gasteiger partial charge in [-0.05, 0) is 38.5 Å². The molecule has 1 saturated carbocycles. The van der Waals surface area contributed by atoms with Crippen molar-refractivity contribution in [1.29, 1.82) is 0 Å². The molecule has 4 atom stereocenters. The number of Topliss-reactive ketones (excluding diaryl/α,β-unsaturated/α-hetero) is 1. The van der Waals surface area contributed by atoms with Gasteiger partial charge in [-0.2, -0.15) is 0 Å². The van der Waals surface area contributed by atoms with E-state index in [2.05, 4.69) is 39.0 Å². The Hall–Kier alpha value is -0.850. The quantitative estimate of drug-likeness (QED) is 0.551. The van der Waals surface area contributed by atoms with Crippen LogP contribution < -0.4 is 0 Å². The molecule has 4 bridgehead atoms.